The molecule has 6 heteroatoms. The molecule has 0 spiro atoms. The summed E-state index contributed by atoms with van der Waals surface area (Å²) in [5.74, 6) is -0.113. The number of hydrogen-bond donors (Lipinski definition) is 3. The Morgan fingerprint density at radius 3 is 1.74 bits per heavy atom. The van der Waals surface area contributed by atoms with Crippen molar-refractivity contribution in [2.75, 3.05) is 12.3 Å². The fraction of sp³-hybridized carbons (Fsp3) is 0.409. The number of thioether (sulfide) groups is 1. The molecule has 264 valence electrons. The quantitative estimate of drug-likeness (QED) is 0.0971. The maximum Gasteiger partial charge on any atom is 0.242 e. The Balaban J connectivity index is 1.37. The van der Waals surface area contributed by atoms with Gasteiger partial charge in [0.1, 0.15) is 6.04 Å². The van der Waals surface area contributed by atoms with Crippen LogP contribution in [0.5, 0.6) is 0 Å². The van der Waals surface area contributed by atoms with Crippen LogP contribution in [0.1, 0.15) is 81.0 Å². The van der Waals surface area contributed by atoms with E-state index in [1.807, 2.05) is 36.4 Å². The standard InChI is InChI=1S/C44H54N2O3S/c1-33(2)30-39(42(48)46-40(31-35-20-10-4-11-21-35)43(49)45-29-28-34-18-8-3-9-19-34)41(47)32-50-44(36-22-12-5-13-23-36,37-24-14-6-15-25-37)38-26-16-7-17-27-38/h3,5-9,12-19,22-27,33,35,39-41,47H,4,10-11,20-21,28-32H2,1-2H3,(H,45,49)(H,46,48)/t39?,40-,41?/m0/s1. The Hall–Kier alpha value is -3.87. The van der Waals surface area contributed by atoms with Crippen LogP contribution in [0.3, 0.4) is 0 Å². The van der Waals surface area contributed by atoms with Gasteiger partial charge in [0.15, 0.2) is 0 Å². The first kappa shape index (κ1) is 37.4. The fourth-order valence-corrected chi connectivity index (χ4v) is 8.97. The normalized spacial score (nSPS) is 15.6. The van der Waals surface area contributed by atoms with Gasteiger partial charge in [-0.1, -0.05) is 167 Å². The maximum absolute atomic E-state index is 14.2. The average Bonchev–Trinajstić information content (AvgIpc) is 3.16. The zero-order valence-corrected chi connectivity index (χ0v) is 30.5. The molecule has 0 heterocycles. The Kier molecular flexibility index (Phi) is 14.2. The van der Waals surface area contributed by atoms with E-state index in [9.17, 15) is 14.7 Å². The van der Waals surface area contributed by atoms with E-state index in [-0.39, 0.29) is 17.7 Å². The molecule has 4 aromatic rings. The van der Waals surface area contributed by atoms with E-state index in [1.54, 1.807) is 11.8 Å². The van der Waals surface area contributed by atoms with E-state index < -0.39 is 22.8 Å². The molecule has 0 bridgehead atoms. The maximum atomic E-state index is 14.2. The van der Waals surface area contributed by atoms with E-state index in [4.69, 9.17) is 0 Å². The summed E-state index contributed by atoms with van der Waals surface area (Å²) in [5, 5.41) is 18.3. The second-order valence-corrected chi connectivity index (χ2v) is 15.5. The van der Waals surface area contributed by atoms with E-state index in [1.165, 1.54) is 19.3 Å². The van der Waals surface area contributed by atoms with E-state index in [2.05, 4.69) is 109 Å². The van der Waals surface area contributed by atoms with Crippen molar-refractivity contribution in [3.05, 3.63) is 144 Å². The lowest BCUT2D eigenvalue weighted by Gasteiger charge is -2.37. The van der Waals surface area contributed by atoms with Gasteiger partial charge in [0.05, 0.1) is 16.8 Å². The summed E-state index contributed by atoms with van der Waals surface area (Å²) in [4.78, 5) is 27.9. The molecule has 5 rings (SSSR count). The number of rotatable bonds is 17. The zero-order chi connectivity index (χ0) is 35.2. The minimum absolute atomic E-state index is 0.136. The summed E-state index contributed by atoms with van der Waals surface area (Å²) in [5.41, 5.74) is 4.49. The lowest BCUT2D eigenvalue weighted by Crippen LogP contribution is -2.51. The highest BCUT2D eigenvalue weighted by molar-refractivity contribution is 8.00. The zero-order valence-electron chi connectivity index (χ0n) is 29.7. The fourth-order valence-electron chi connectivity index (χ4n) is 7.41. The van der Waals surface area contributed by atoms with E-state index in [0.717, 1.165) is 41.5 Å². The monoisotopic (exact) mass is 690 g/mol. The Morgan fingerprint density at radius 1 is 0.740 bits per heavy atom. The predicted molar refractivity (Wildman–Crippen MR) is 207 cm³/mol. The minimum atomic E-state index is -0.922. The lowest BCUT2D eigenvalue weighted by atomic mass is 9.84. The van der Waals surface area contributed by atoms with Gasteiger partial charge in [-0.15, -0.1) is 11.8 Å². The van der Waals surface area contributed by atoms with Gasteiger partial charge in [0.25, 0.3) is 0 Å². The number of hydrogen-bond acceptors (Lipinski definition) is 4. The van der Waals surface area contributed by atoms with E-state index >= 15 is 0 Å². The van der Waals surface area contributed by atoms with Crippen molar-refractivity contribution >= 4 is 23.6 Å². The summed E-state index contributed by atoms with van der Waals surface area (Å²) in [6, 6.07) is 40.7. The van der Waals surface area contributed by atoms with Crippen LogP contribution < -0.4 is 10.6 Å². The molecular weight excluding hydrogens is 637 g/mol. The first-order chi connectivity index (χ1) is 24.4. The number of amides is 2. The van der Waals surface area contributed by atoms with Crippen molar-refractivity contribution in [2.45, 2.75) is 82.1 Å². The van der Waals surface area contributed by atoms with Crippen LogP contribution >= 0.6 is 11.8 Å². The van der Waals surface area contributed by atoms with Crippen molar-refractivity contribution in [2.24, 2.45) is 17.8 Å². The van der Waals surface area contributed by atoms with Gasteiger partial charge in [0, 0.05) is 12.3 Å². The third-order valence-corrected chi connectivity index (χ3v) is 11.7. The van der Waals surface area contributed by atoms with Gasteiger partial charge in [-0.2, -0.15) is 0 Å². The summed E-state index contributed by atoms with van der Waals surface area (Å²) < 4.78 is -0.605. The highest BCUT2D eigenvalue weighted by Crippen LogP contribution is 2.49. The number of carbonyl (C=O) groups excluding carboxylic acids is 2. The molecule has 0 aromatic heterocycles. The van der Waals surface area contributed by atoms with Gasteiger partial charge in [0.2, 0.25) is 11.8 Å². The third kappa shape index (κ3) is 10.1. The Morgan fingerprint density at radius 2 is 1.24 bits per heavy atom. The molecule has 5 nitrogen and oxygen atoms in total. The van der Waals surface area contributed by atoms with Crippen LogP contribution in [0.25, 0.3) is 0 Å². The summed E-state index contributed by atoms with van der Waals surface area (Å²) in [7, 11) is 0. The van der Waals surface area contributed by atoms with Crippen LogP contribution in [0.2, 0.25) is 0 Å². The van der Waals surface area contributed by atoms with Crippen molar-refractivity contribution in [1.29, 1.82) is 0 Å². The Bertz CT molecular complexity index is 1480. The number of aliphatic hydroxyl groups is 1. The Labute approximate surface area is 303 Å². The largest absolute Gasteiger partial charge is 0.391 e. The topological polar surface area (TPSA) is 78.4 Å². The number of benzene rings is 4. The molecule has 3 N–H and O–H groups in total. The van der Waals surface area contributed by atoms with Gasteiger partial charge in [-0.3, -0.25) is 9.59 Å². The predicted octanol–water partition coefficient (Wildman–Crippen LogP) is 8.55. The molecule has 50 heavy (non-hydrogen) atoms. The van der Waals surface area contributed by atoms with E-state index in [0.29, 0.717) is 31.1 Å². The molecule has 0 aliphatic heterocycles. The minimum Gasteiger partial charge on any atom is -0.391 e. The van der Waals surface area contributed by atoms with Crippen molar-refractivity contribution in [3.63, 3.8) is 0 Å². The first-order valence-electron chi connectivity index (χ1n) is 18.5. The molecule has 0 saturated heterocycles. The van der Waals surface area contributed by atoms with Crippen molar-refractivity contribution < 1.29 is 14.7 Å². The molecule has 2 unspecified atom stereocenters. The second kappa shape index (κ2) is 18.9. The molecule has 3 atom stereocenters. The summed E-state index contributed by atoms with van der Waals surface area (Å²) in [6.07, 6.45) is 6.68. The molecule has 1 aliphatic rings. The van der Waals surface area contributed by atoms with Crippen molar-refractivity contribution in [1.82, 2.24) is 10.6 Å². The average molecular weight is 691 g/mol. The SMILES string of the molecule is CC(C)CC(C(=O)N[C@@H](CC1CCCCC1)C(=O)NCCc1ccccc1)C(O)CSC(c1ccccc1)(c1ccccc1)c1ccccc1. The molecule has 1 fully saturated rings. The molecule has 1 aliphatic carbocycles. The first-order valence-corrected chi connectivity index (χ1v) is 19.5. The smallest absolute Gasteiger partial charge is 0.242 e. The molecule has 0 radical (unpaired) electrons. The van der Waals surface area contributed by atoms with Gasteiger partial charge >= 0.3 is 0 Å². The molecule has 2 amide bonds. The van der Waals surface area contributed by atoms with Crippen molar-refractivity contribution in [3.8, 4) is 0 Å². The highest BCUT2D eigenvalue weighted by atomic mass is 32.2. The van der Waals surface area contributed by atoms with Crippen LogP contribution in [0, 0.1) is 17.8 Å². The van der Waals surface area contributed by atoms with Crippen LogP contribution in [-0.2, 0) is 20.8 Å². The van der Waals surface area contributed by atoms with Gasteiger partial charge < -0.3 is 15.7 Å². The summed E-state index contributed by atoms with van der Waals surface area (Å²) in [6.45, 7) is 4.67. The molecule has 1 saturated carbocycles. The van der Waals surface area contributed by atoms with Crippen LogP contribution in [-0.4, -0.2) is 41.4 Å². The van der Waals surface area contributed by atoms with Gasteiger partial charge in [-0.05, 0) is 53.4 Å². The van der Waals surface area contributed by atoms with Crippen LogP contribution in [0.15, 0.2) is 121 Å². The number of aliphatic hydroxyl groups excluding tert-OH is 1. The number of nitrogens with one attached hydrogen (secondary N) is 2. The molecular formula is C44H54N2O3S. The lowest BCUT2D eigenvalue weighted by molar-refractivity contribution is -0.134. The number of carbonyl (C=O) groups is 2. The third-order valence-electron chi connectivity index (χ3n) is 10.0. The highest BCUT2D eigenvalue weighted by Gasteiger charge is 2.39. The summed E-state index contributed by atoms with van der Waals surface area (Å²) >= 11 is 1.66. The van der Waals surface area contributed by atoms with Gasteiger partial charge in [-0.25, -0.2) is 0 Å². The van der Waals surface area contributed by atoms with Crippen LogP contribution in [0.4, 0.5) is 0 Å². The second-order valence-electron chi connectivity index (χ2n) is 14.2. The molecule has 4 aromatic carbocycles.